The average molecular weight is 219 g/mol. The lowest BCUT2D eigenvalue weighted by molar-refractivity contribution is 0.0839. The molecule has 1 aromatic rings. The fraction of sp³-hybridized carbons (Fsp3) is 0.500. The molecule has 0 atom stereocenters. The molecule has 2 heteroatoms. The molecule has 0 spiro atoms. The standard InChI is InChI=1S/C14H21NO/c1-10-6-7-12(8-11(10)2)13(16)14(3,4)9-15-5/h6-8,15H,9H2,1-5H3. The largest absolute Gasteiger partial charge is 0.319 e. The molecule has 16 heavy (non-hydrogen) atoms. The molecule has 1 aromatic carbocycles. The fourth-order valence-corrected chi connectivity index (χ4v) is 1.80. The van der Waals surface area contributed by atoms with Crippen molar-refractivity contribution in [3.05, 3.63) is 34.9 Å². The number of hydrogen-bond donors (Lipinski definition) is 1. The molecule has 0 unspecified atom stereocenters. The number of ketones is 1. The van der Waals surface area contributed by atoms with E-state index in [2.05, 4.69) is 12.2 Å². The molecule has 88 valence electrons. The van der Waals surface area contributed by atoms with Gasteiger partial charge in [-0.3, -0.25) is 4.79 Å². The molecule has 0 fully saturated rings. The second-order valence-corrected chi connectivity index (χ2v) is 5.04. The summed E-state index contributed by atoms with van der Waals surface area (Å²) < 4.78 is 0. The number of hydrogen-bond acceptors (Lipinski definition) is 2. The van der Waals surface area contributed by atoms with Crippen LogP contribution in [0.4, 0.5) is 0 Å². The van der Waals surface area contributed by atoms with Crippen molar-refractivity contribution in [2.75, 3.05) is 13.6 Å². The highest BCUT2D eigenvalue weighted by molar-refractivity contribution is 6.00. The number of aryl methyl sites for hydroxylation is 2. The number of carbonyl (C=O) groups is 1. The molecule has 0 bridgehead atoms. The van der Waals surface area contributed by atoms with Gasteiger partial charge in [-0.15, -0.1) is 0 Å². The first-order valence-electron chi connectivity index (χ1n) is 5.65. The van der Waals surface area contributed by atoms with Crippen LogP contribution in [-0.4, -0.2) is 19.4 Å². The van der Waals surface area contributed by atoms with Gasteiger partial charge in [0.1, 0.15) is 0 Å². The zero-order chi connectivity index (χ0) is 12.3. The van der Waals surface area contributed by atoms with Crippen LogP contribution in [-0.2, 0) is 0 Å². The summed E-state index contributed by atoms with van der Waals surface area (Å²) in [7, 11) is 1.87. The summed E-state index contributed by atoms with van der Waals surface area (Å²) in [6.07, 6.45) is 0. The smallest absolute Gasteiger partial charge is 0.169 e. The Morgan fingerprint density at radius 1 is 1.25 bits per heavy atom. The molecule has 0 amide bonds. The van der Waals surface area contributed by atoms with Crippen LogP contribution >= 0.6 is 0 Å². The molecule has 0 aromatic heterocycles. The van der Waals surface area contributed by atoms with Crippen LogP contribution in [0.3, 0.4) is 0 Å². The molecule has 0 radical (unpaired) electrons. The number of Topliss-reactive ketones (excluding diaryl/α,β-unsaturated/α-hetero) is 1. The fourth-order valence-electron chi connectivity index (χ4n) is 1.80. The van der Waals surface area contributed by atoms with E-state index in [1.165, 1.54) is 11.1 Å². The molecular formula is C14H21NO. The summed E-state index contributed by atoms with van der Waals surface area (Å²) in [4.78, 5) is 12.3. The minimum atomic E-state index is -0.351. The maximum absolute atomic E-state index is 12.3. The van der Waals surface area contributed by atoms with E-state index in [0.717, 1.165) is 5.56 Å². The molecule has 1 N–H and O–H groups in total. The molecule has 0 heterocycles. The molecule has 2 nitrogen and oxygen atoms in total. The number of nitrogens with one attached hydrogen (secondary N) is 1. The lowest BCUT2D eigenvalue weighted by atomic mass is 9.83. The van der Waals surface area contributed by atoms with Crippen molar-refractivity contribution in [1.29, 1.82) is 0 Å². The summed E-state index contributed by atoms with van der Waals surface area (Å²) in [5.74, 6) is 0.199. The first-order chi connectivity index (χ1) is 7.38. The van der Waals surface area contributed by atoms with Crippen molar-refractivity contribution in [2.45, 2.75) is 27.7 Å². The van der Waals surface area contributed by atoms with E-state index < -0.39 is 0 Å². The van der Waals surface area contributed by atoms with Crippen LogP contribution in [0.1, 0.15) is 35.3 Å². The van der Waals surface area contributed by atoms with Crippen molar-refractivity contribution < 1.29 is 4.79 Å². The van der Waals surface area contributed by atoms with Crippen LogP contribution in [0, 0.1) is 19.3 Å². The molecule has 0 saturated carbocycles. The molecule has 0 aliphatic rings. The van der Waals surface area contributed by atoms with Crippen molar-refractivity contribution >= 4 is 5.78 Å². The van der Waals surface area contributed by atoms with Gasteiger partial charge in [-0.1, -0.05) is 26.0 Å². The predicted molar refractivity (Wildman–Crippen MR) is 68.0 cm³/mol. The van der Waals surface area contributed by atoms with Gasteiger partial charge < -0.3 is 5.32 Å². The third kappa shape index (κ3) is 2.70. The predicted octanol–water partition coefficient (Wildman–Crippen LogP) is 2.73. The summed E-state index contributed by atoms with van der Waals surface area (Å²) in [6, 6.07) is 5.91. The zero-order valence-electron chi connectivity index (χ0n) is 10.8. The normalized spacial score (nSPS) is 11.6. The van der Waals surface area contributed by atoms with Crippen molar-refractivity contribution in [1.82, 2.24) is 5.32 Å². The van der Waals surface area contributed by atoms with E-state index in [0.29, 0.717) is 6.54 Å². The van der Waals surface area contributed by atoms with Gasteiger partial charge in [0.2, 0.25) is 0 Å². The van der Waals surface area contributed by atoms with E-state index in [4.69, 9.17) is 0 Å². The third-order valence-electron chi connectivity index (χ3n) is 3.00. The Bertz CT molecular complexity index is 394. The minimum Gasteiger partial charge on any atom is -0.319 e. The molecular weight excluding hydrogens is 198 g/mol. The summed E-state index contributed by atoms with van der Waals surface area (Å²) in [6.45, 7) is 8.74. The molecule has 1 rings (SSSR count). The van der Waals surface area contributed by atoms with Crippen LogP contribution in [0.5, 0.6) is 0 Å². The van der Waals surface area contributed by atoms with Gasteiger partial charge in [-0.25, -0.2) is 0 Å². The number of carbonyl (C=O) groups excluding carboxylic acids is 1. The highest BCUT2D eigenvalue weighted by Crippen LogP contribution is 2.22. The van der Waals surface area contributed by atoms with Gasteiger partial charge >= 0.3 is 0 Å². The van der Waals surface area contributed by atoms with Gasteiger partial charge in [-0.2, -0.15) is 0 Å². The second kappa shape index (κ2) is 4.79. The minimum absolute atomic E-state index is 0.199. The Balaban J connectivity index is 3.01. The Morgan fingerprint density at radius 3 is 2.38 bits per heavy atom. The van der Waals surface area contributed by atoms with Crippen LogP contribution in [0.2, 0.25) is 0 Å². The SMILES string of the molecule is CNCC(C)(C)C(=O)c1ccc(C)c(C)c1. The maximum atomic E-state index is 12.3. The topological polar surface area (TPSA) is 29.1 Å². The van der Waals surface area contributed by atoms with E-state index in [9.17, 15) is 4.79 Å². The Hall–Kier alpha value is -1.15. The van der Waals surface area contributed by atoms with Gasteiger partial charge in [0.25, 0.3) is 0 Å². The highest BCUT2D eigenvalue weighted by atomic mass is 16.1. The maximum Gasteiger partial charge on any atom is 0.169 e. The van der Waals surface area contributed by atoms with Crippen LogP contribution in [0.15, 0.2) is 18.2 Å². The number of benzene rings is 1. The Morgan fingerprint density at radius 2 is 1.88 bits per heavy atom. The van der Waals surface area contributed by atoms with Crippen molar-refractivity contribution in [3.63, 3.8) is 0 Å². The van der Waals surface area contributed by atoms with Gasteiger partial charge in [0.05, 0.1) is 0 Å². The first-order valence-corrected chi connectivity index (χ1v) is 5.65. The lowest BCUT2D eigenvalue weighted by Crippen LogP contribution is -2.34. The molecule has 0 saturated heterocycles. The average Bonchev–Trinajstić information content (AvgIpc) is 2.21. The van der Waals surface area contributed by atoms with Crippen LogP contribution in [0.25, 0.3) is 0 Å². The van der Waals surface area contributed by atoms with E-state index in [1.54, 1.807) is 0 Å². The summed E-state index contributed by atoms with van der Waals surface area (Å²) >= 11 is 0. The second-order valence-electron chi connectivity index (χ2n) is 5.04. The van der Waals surface area contributed by atoms with E-state index in [-0.39, 0.29) is 11.2 Å². The van der Waals surface area contributed by atoms with Crippen molar-refractivity contribution in [2.24, 2.45) is 5.41 Å². The highest BCUT2D eigenvalue weighted by Gasteiger charge is 2.27. The van der Waals surface area contributed by atoms with Gasteiger partial charge in [-0.05, 0) is 38.1 Å². The third-order valence-corrected chi connectivity index (χ3v) is 3.00. The van der Waals surface area contributed by atoms with Gasteiger partial charge in [0.15, 0.2) is 5.78 Å². The first kappa shape index (κ1) is 12.9. The summed E-state index contributed by atoms with van der Waals surface area (Å²) in [5.41, 5.74) is 2.86. The van der Waals surface area contributed by atoms with Gasteiger partial charge in [0, 0.05) is 17.5 Å². The number of rotatable bonds is 4. The van der Waals surface area contributed by atoms with E-state index in [1.807, 2.05) is 46.0 Å². The van der Waals surface area contributed by atoms with Crippen LogP contribution < -0.4 is 5.32 Å². The Kier molecular flexibility index (Phi) is 3.87. The molecule has 0 aliphatic heterocycles. The van der Waals surface area contributed by atoms with E-state index >= 15 is 0 Å². The Labute approximate surface area is 98.1 Å². The monoisotopic (exact) mass is 219 g/mol. The lowest BCUT2D eigenvalue weighted by Gasteiger charge is -2.23. The quantitative estimate of drug-likeness (QED) is 0.789. The molecule has 0 aliphatic carbocycles. The zero-order valence-corrected chi connectivity index (χ0v) is 10.8. The van der Waals surface area contributed by atoms with Crippen molar-refractivity contribution in [3.8, 4) is 0 Å². The summed E-state index contributed by atoms with van der Waals surface area (Å²) in [5, 5.41) is 3.06.